The van der Waals surface area contributed by atoms with Crippen molar-refractivity contribution in [2.24, 2.45) is 0 Å². The lowest BCUT2D eigenvalue weighted by molar-refractivity contribution is 0.414. The van der Waals surface area contributed by atoms with Crippen LogP contribution in [-0.4, -0.2) is 27.3 Å². The van der Waals surface area contributed by atoms with Crippen LogP contribution in [0.5, 0.6) is 5.75 Å². The summed E-state index contributed by atoms with van der Waals surface area (Å²) in [7, 11) is 1.63. The molecule has 0 spiro atoms. The number of hydrogen-bond donors (Lipinski definition) is 1. The van der Waals surface area contributed by atoms with E-state index in [0.29, 0.717) is 11.5 Å². The molecule has 0 bridgehead atoms. The molecule has 0 aliphatic carbocycles. The van der Waals surface area contributed by atoms with E-state index in [1.54, 1.807) is 11.8 Å². The molecule has 0 saturated carbocycles. The molecule has 0 saturated heterocycles. The summed E-state index contributed by atoms with van der Waals surface area (Å²) < 4.78 is 6.91. The molecule has 106 valence electrons. The van der Waals surface area contributed by atoms with Crippen LogP contribution in [0.1, 0.15) is 5.56 Å². The first-order valence-electron chi connectivity index (χ1n) is 6.49. The highest BCUT2D eigenvalue weighted by molar-refractivity contribution is 5.68. The van der Waals surface area contributed by atoms with Crippen LogP contribution in [0.3, 0.4) is 0 Å². The molecular formula is C15H15N5O. The van der Waals surface area contributed by atoms with Gasteiger partial charge in [0.25, 0.3) is 0 Å². The molecule has 1 aromatic heterocycles. The zero-order valence-corrected chi connectivity index (χ0v) is 11.8. The van der Waals surface area contributed by atoms with E-state index in [4.69, 9.17) is 10.5 Å². The minimum atomic E-state index is 0.646. The fourth-order valence-corrected chi connectivity index (χ4v) is 2.17. The van der Waals surface area contributed by atoms with Crippen LogP contribution in [0.15, 0.2) is 42.5 Å². The van der Waals surface area contributed by atoms with Gasteiger partial charge in [-0.05, 0) is 41.1 Å². The summed E-state index contributed by atoms with van der Waals surface area (Å²) >= 11 is 0. The lowest BCUT2D eigenvalue weighted by atomic mass is 10.1. The topological polar surface area (TPSA) is 78.8 Å². The van der Waals surface area contributed by atoms with Gasteiger partial charge in [0.2, 0.25) is 0 Å². The van der Waals surface area contributed by atoms with Crippen molar-refractivity contribution in [1.82, 2.24) is 20.2 Å². The molecule has 6 nitrogen and oxygen atoms in total. The molecule has 0 unspecified atom stereocenters. The zero-order chi connectivity index (χ0) is 14.8. The minimum absolute atomic E-state index is 0.646. The first-order valence-corrected chi connectivity index (χ1v) is 6.49. The van der Waals surface area contributed by atoms with Crippen molar-refractivity contribution in [3.05, 3.63) is 48.0 Å². The number of tetrazole rings is 1. The first-order chi connectivity index (χ1) is 10.2. The van der Waals surface area contributed by atoms with Crippen LogP contribution in [0.25, 0.3) is 17.1 Å². The predicted molar refractivity (Wildman–Crippen MR) is 80.3 cm³/mol. The van der Waals surface area contributed by atoms with Gasteiger partial charge in [0.15, 0.2) is 5.82 Å². The van der Waals surface area contributed by atoms with E-state index in [1.807, 2.05) is 49.4 Å². The maximum absolute atomic E-state index is 5.96. The molecule has 3 aromatic rings. The summed E-state index contributed by atoms with van der Waals surface area (Å²) in [5.41, 5.74) is 9.37. The van der Waals surface area contributed by atoms with Gasteiger partial charge in [-0.2, -0.15) is 4.68 Å². The number of benzene rings is 2. The third-order valence-electron chi connectivity index (χ3n) is 3.38. The molecule has 0 amide bonds. The summed E-state index contributed by atoms with van der Waals surface area (Å²) in [6.07, 6.45) is 0. The molecule has 21 heavy (non-hydrogen) atoms. The SMILES string of the molecule is COc1cccc(-n2nnnc2-c2cccc(N)c2C)c1. The molecular weight excluding hydrogens is 266 g/mol. The lowest BCUT2D eigenvalue weighted by Gasteiger charge is -2.09. The number of hydrogen-bond acceptors (Lipinski definition) is 5. The van der Waals surface area contributed by atoms with Gasteiger partial charge in [-0.3, -0.25) is 0 Å². The van der Waals surface area contributed by atoms with E-state index in [2.05, 4.69) is 15.5 Å². The largest absolute Gasteiger partial charge is 0.497 e. The maximum Gasteiger partial charge on any atom is 0.187 e. The number of anilines is 1. The Bertz CT molecular complexity index is 781. The summed E-state index contributed by atoms with van der Waals surface area (Å²) in [4.78, 5) is 0. The second-order valence-electron chi connectivity index (χ2n) is 4.64. The molecule has 0 aliphatic rings. The fraction of sp³-hybridized carbons (Fsp3) is 0.133. The van der Waals surface area contributed by atoms with Gasteiger partial charge in [-0.25, -0.2) is 0 Å². The second-order valence-corrected chi connectivity index (χ2v) is 4.64. The van der Waals surface area contributed by atoms with Crippen LogP contribution in [0, 0.1) is 6.92 Å². The summed E-state index contributed by atoms with van der Waals surface area (Å²) in [6, 6.07) is 13.3. The van der Waals surface area contributed by atoms with Crippen LogP contribution in [0.4, 0.5) is 5.69 Å². The second kappa shape index (κ2) is 5.24. The van der Waals surface area contributed by atoms with Crippen molar-refractivity contribution in [3.8, 4) is 22.8 Å². The molecule has 3 rings (SSSR count). The van der Waals surface area contributed by atoms with E-state index >= 15 is 0 Å². The van der Waals surface area contributed by atoms with Crippen LogP contribution >= 0.6 is 0 Å². The van der Waals surface area contributed by atoms with Crippen LogP contribution in [0.2, 0.25) is 0 Å². The number of nitrogens with two attached hydrogens (primary N) is 1. The number of rotatable bonds is 3. The minimum Gasteiger partial charge on any atom is -0.497 e. The Morgan fingerprint density at radius 3 is 2.76 bits per heavy atom. The molecule has 0 radical (unpaired) electrons. The Labute approximate surface area is 122 Å². The first kappa shape index (κ1) is 13.1. The van der Waals surface area contributed by atoms with Crippen molar-refractivity contribution >= 4 is 5.69 Å². The Morgan fingerprint density at radius 2 is 1.95 bits per heavy atom. The van der Waals surface area contributed by atoms with Crippen LogP contribution < -0.4 is 10.5 Å². The van der Waals surface area contributed by atoms with Gasteiger partial charge < -0.3 is 10.5 Å². The number of ether oxygens (including phenoxy) is 1. The van der Waals surface area contributed by atoms with Crippen molar-refractivity contribution in [2.45, 2.75) is 6.92 Å². The van der Waals surface area contributed by atoms with Gasteiger partial charge in [0.05, 0.1) is 12.8 Å². The van der Waals surface area contributed by atoms with Crippen molar-refractivity contribution in [1.29, 1.82) is 0 Å². The van der Waals surface area contributed by atoms with E-state index in [1.165, 1.54) is 0 Å². The Kier molecular flexibility index (Phi) is 3.27. The standard InChI is InChI=1S/C15H15N5O/c1-10-13(7-4-8-14(10)16)15-17-18-19-20(15)11-5-3-6-12(9-11)21-2/h3-9H,16H2,1-2H3. The Hall–Kier alpha value is -2.89. The number of nitrogen functional groups attached to an aromatic ring is 1. The third-order valence-corrected chi connectivity index (χ3v) is 3.38. The highest BCUT2D eigenvalue weighted by atomic mass is 16.5. The molecule has 2 aromatic carbocycles. The third kappa shape index (κ3) is 2.31. The maximum atomic E-state index is 5.96. The van der Waals surface area contributed by atoms with E-state index in [-0.39, 0.29) is 0 Å². The van der Waals surface area contributed by atoms with Gasteiger partial charge in [0, 0.05) is 17.3 Å². The van der Waals surface area contributed by atoms with Gasteiger partial charge in [-0.1, -0.05) is 18.2 Å². The highest BCUT2D eigenvalue weighted by Crippen LogP contribution is 2.27. The molecule has 2 N–H and O–H groups in total. The summed E-state index contributed by atoms with van der Waals surface area (Å²) in [5.74, 6) is 1.39. The summed E-state index contributed by atoms with van der Waals surface area (Å²) in [6.45, 7) is 1.95. The molecule has 6 heteroatoms. The molecule has 0 aliphatic heterocycles. The number of nitrogens with zero attached hydrogens (tertiary/aromatic N) is 4. The fourth-order valence-electron chi connectivity index (χ4n) is 2.17. The van der Waals surface area contributed by atoms with Gasteiger partial charge in [-0.15, -0.1) is 5.10 Å². The quantitative estimate of drug-likeness (QED) is 0.745. The van der Waals surface area contributed by atoms with Crippen molar-refractivity contribution < 1.29 is 4.74 Å². The van der Waals surface area contributed by atoms with Gasteiger partial charge in [0.1, 0.15) is 5.75 Å². The smallest absolute Gasteiger partial charge is 0.187 e. The summed E-state index contributed by atoms with van der Waals surface area (Å²) in [5, 5.41) is 12.0. The van der Waals surface area contributed by atoms with E-state index in [9.17, 15) is 0 Å². The van der Waals surface area contributed by atoms with E-state index in [0.717, 1.165) is 22.6 Å². The van der Waals surface area contributed by atoms with E-state index < -0.39 is 0 Å². The average molecular weight is 281 g/mol. The van der Waals surface area contributed by atoms with Crippen LogP contribution in [-0.2, 0) is 0 Å². The Morgan fingerprint density at radius 1 is 1.14 bits per heavy atom. The average Bonchev–Trinajstić information content (AvgIpc) is 2.99. The number of aromatic nitrogens is 4. The number of methoxy groups -OCH3 is 1. The normalized spacial score (nSPS) is 10.6. The van der Waals surface area contributed by atoms with Crippen molar-refractivity contribution in [2.75, 3.05) is 12.8 Å². The molecule has 1 heterocycles. The monoisotopic (exact) mass is 281 g/mol. The Balaban J connectivity index is 2.15. The van der Waals surface area contributed by atoms with Crippen molar-refractivity contribution in [3.63, 3.8) is 0 Å². The zero-order valence-electron chi connectivity index (χ0n) is 11.8. The lowest BCUT2D eigenvalue weighted by Crippen LogP contribution is -2.02. The predicted octanol–water partition coefficient (Wildman–Crippen LogP) is 2.23. The highest BCUT2D eigenvalue weighted by Gasteiger charge is 2.14. The molecule has 0 fully saturated rings. The van der Waals surface area contributed by atoms with Gasteiger partial charge >= 0.3 is 0 Å². The molecule has 0 atom stereocenters.